The summed E-state index contributed by atoms with van der Waals surface area (Å²) >= 11 is 0. The van der Waals surface area contributed by atoms with Crippen LogP contribution in [0.5, 0.6) is 0 Å². The molecule has 0 bridgehead atoms. The minimum Gasteiger partial charge on any atom is -0.368 e. The van der Waals surface area contributed by atoms with E-state index < -0.39 is 6.17 Å². The minimum atomic E-state index is -0.776. The molecule has 0 aliphatic heterocycles. The zero-order valence-corrected chi connectivity index (χ0v) is 8.84. The molecule has 1 aromatic heterocycles. The Hall–Kier alpha value is -1.19. The van der Waals surface area contributed by atoms with E-state index in [1.54, 1.807) is 6.92 Å². The van der Waals surface area contributed by atoms with Crippen LogP contribution in [0.15, 0.2) is 6.07 Å². The van der Waals surface area contributed by atoms with E-state index in [4.69, 9.17) is 0 Å². The standard InChI is InChI=1S/C10H16FN3/c1-7-6-10(14-13-9(7)3)12-5-4-8(2)11/h6,8H,4-5H2,1-3H3,(H,12,14). The highest BCUT2D eigenvalue weighted by Gasteiger charge is 2.00. The van der Waals surface area contributed by atoms with Crippen LogP contribution in [-0.2, 0) is 0 Å². The number of anilines is 1. The Kier molecular flexibility index (Phi) is 3.80. The molecule has 0 saturated carbocycles. The van der Waals surface area contributed by atoms with E-state index in [9.17, 15) is 4.39 Å². The number of nitrogens with zero attached hydrogens (tertiary/aromatic N) is 2. The Morgan fingerprint density at radius 1 is 1.43 bits per heavy atom. The predicted molar refractivity (Wildman–Crippen MR) is 55.2 cm³/mol. The van der Waals surface area contributed by atoms with Crippen molar-refractivity contribution >= 4 is 5.82 Å². The lowest BCUT2D eigenvalue weighted by molar-refractivity contribution is 0.348. The number of alkyl halides is 1. The molecule has 0 radical (unpaired) electrons. The SMILES string of the molecule is Cc1cc(NCCC(C)F)nnc1C. The average molecular weight is 197 g/mol. The number of aromatic nitrogens is 2. The monoisotopic (exact) mass is 197 g/mol. The summed E-state index contributed by atoms with van der Waals surface area (Å²) in [5.41, 5.74) is 2.02. The van der Waals surface area contributed by atoms with Crippen LogP contribution in [0.2, 0.25) is 0 Å². The van der Waals surface area contributed by atoms with Crippen LogP contribution in [0.3, 0.4) is 0 Å². The van der Waals surface area contributed by atoms with Crippen LogP contribution in [-0.4, -0.2) is 22.9 Å². The van der Waals surface area contributed by atoms with E-state index in [0.717, 1.165) is 11.3 Å². The third kappa shape index (κ3) is 3.28. The summed E-state index contributed by atoms with van der Waals surface area (Å²) in [6.07, 6.45) is -0.281. The first kappa shape index (κ1) is 10.9. The van der Waals surface area contributed by atoms with Crippen LogP contribution in [0, 0.1) is 13.8 Å². The van der Waals surface area contributed by atoms with Crippen molar-refractivity contribution in [2.75, 3.05) is 11.9 Å². The first-order valence-electron chi connectivity index (χ1n) is 4.78. The Labute approximate surface area is 83.7 Å². The van der Waals surface area contributed by atoms with Gasteiger partial charge in [-0.1, -0.05) is 0 Å². The van der Waals surface area contributed by atoms with Gasteiger partial charge in [-0.15, -0.1) is 5.10 Å². The maximum Gasteiger partial charge on any atom is 0.148 e. The minimum absolute atomic E-state index is 0.495. The van der Waals surface area contributed by atoms with Crippen LogP contribution < -0.4 is 5.32 Å². The molecule has 0 amide bonds. The molecule has 1 atom stereocenters. The summed E-state index contributed by atoms with van der Waals surface area (Å²) in [4.78, 5) is 0. The smallest absolute Gasteiger partial charge is 0.148 e. The van der Waals surface area contributed by atoms with Gasteiger partial charge in [0, 0.05) is 6.54 Å². The quantitative estimate of drug-likeness (QED) is 0.804. The third-order valence-electron chi connectivity index (χ3n) is 2.08. The Morgan fingerprint density at radius 2 is 2.14 bits per heavy atom. The molecule has 14 heavy (non-hydrogen) atoms. The normalized spacial score (nSPS) is 12.6. The molecular formula is C10H16FN3. The van der Waals surface area contributed by atoms with E-state index in [1.807, 2.05) is 19.9 Å². The van der Waals surface area contributed by atoms with E-state index >= 15 is 0 Å². The van der Waals surface area contributed by atoms with Gasteiger partial charge in [0.15, 0.2) is 0 Å². The molecule has 1 aromatic rings. The van der Waals surface area contributed by atoms with E-state index in [0.29, 0.717) is 18.8 Å². The number of aryl methyl sites for hydroxylation is 2. The van der Waals surface area contributed by atoms with Crippen molar-refractivity contribution < 1.29 is 4.39 Å². The fraction of sp³-hybridized carbons (Fsp3) is 0.600. The van der Waals surface area contributed by atoms with E-state index in [1.165, 1.54) is 0 Å². The highest BCUT2D eigenvalue weighted by molar-refractivity contribution is 5.37. The zero-order valence-electron chi connectivity index (χ0n) is 8.84. The van der Waals surface area contributed by atoms with Gasteiger partial charge in [-0.25, -0.2) is 4.39 Å². The van der Waals surface area contributed by atoms with Crippen LogP contribution >= 0.6 is 0 Å². The average Bonchev–Trinajstić information content (AvgIpc) is 2.10. The maximum atomic E-state index is 12.5. The van der Waals surface area contributed by atoms with Gasteiger partial charge in [0.2, 0.25) is 0 Å². The summed E-state index contributed by atoms with van der Waals surface area (Å²) < 4.78 is 12.5. The Morgan fingerprint density at radius 3 is 2.71 bits per heavy atom. The Bertz CT molecular complexity index is 299. The molecule has 1 N–H and O–H groups in total. The summed E-state index contributed by atoms with van der Waals surface area (Å²) in [6.45, 7) is 6.03. The number of hydrogen-bond acceptors (Lipinski definition) is 3. The lowest BCUT2D eigenvalue weighted by Crippen LogP contribution is -2.09. The summed E-state index contributed by atoms with van der Waals surface area (Å²) in [7, 11) is 0. The number of rotatable bonds is 4. The van der Waals surface area contributed by atoms with Crippen molar-refractivity contribution in [2.24, 2.45) is 0 Å². The van der Waals surface area contributed by atoms with Crippen molar-refractivity contribution in [1.82, 2.24) is 10.2 Å². The second kappa shape index (κ2) is 4.88. The highest BCUT2D eigenvalue weighted by Crippen LogP contribution is 2.08. The van der Waals surface area contributed by atoms with Gasteiger partial charge in [-0.05, 0) is 38.8 Å². The van der Waals surface area contributed by atoms with E-state index in [2.05, 4.69) is 15.5 Å². The second-order valence-electron chi connectivity index (χ2n) is 3.49. The van der Waals surface area contributed by atoms with Gasteiger partial charge in [0.25, 0.3) is 0 Å². The molecule has 0 aliphatic rings. The number of hydrogen-bond donors (Lipinski definition) is 1. The second-order valence-corrected chi connectivity index (χ2v) is 3.49. The van der Waals surface area contributed by atoms with Crippen LogP contribution in [0.25, 0.3) is 0 Å². The van der Waals surface area contributed by atoms with Crippen molar-refractivity contribution in [3.63, 3.8) is 0 Å². The van der Waals surface area contributed by atoms with Crippen molar-refractivity contribution in [2.45, 2.75) is 33.4 Å². The fourth-order valence-corrected chi connectivity index (χ4v) is 1.03. The molecule has 1 heterocycles. The van der Waals surface area contributed by atoms with Gasteiger partial charge in [0.1, 0.15) is 5.82 Å². The lowest BCUT2D eigenvalue weighted by Gasteiger charge is -2.06. The molecule has 1 unspecified atom stereocenters. The first-order valence-corrected chi connectivity index (χ1v) is 4.78. The maximum absolute atomic E-state index is 12.5. The third-order valence-corrected chi connectivity index (χ3v) is 2.08. The van der Waals surface area contributed by atoms with Gasteiger partial charge in [0.05, 0.1) is 11.9 Å². The Balaban J connectivity index is 2.47. The van der Waals surface area contributed by atoms with Crippen molar-refractivity contribution in [3.05, 3.63) is 17.3 Å². The van der Waals surface area contributed by atoms with Crippen molar-refractivity contribution in [3.8, 4) is 0 Å². The first-order chi connectivity index (χ1) is 6.59. The van der Waals surface area contributed by atoms with Gasteiger partial charge < -0.3 is 5.32 Å². The predicted octanol–water partition coefficient (Wildman–Crippen LogP) is 2.25. The van der Waals surface area contributed by atoms with E-state index in [-0.39, 0.29) is 0 Å². The molecule has 1 rings (SSSR count). The zero-order chi connectivity index (χ0) is 10.6. The van der Waals surface area contributed by atoms with Gasteiger partial charge in [-0.2, -0.15) is 5.10 Å². The molecule has 0 aliphatic carbocycles. The molecule has 4 heteroatoms. The van der Waals surface area contributed by atoms with Crippen molar-refractivity contribution in [1.29, 1.82) is 0 Å². The molecular weight excluding hydrogens is 181 g/mol. The molecule has 78 valence electrons. The van der Waals surface area contributed by atoms with Gasteiger partial charge in [-0.3, -0.25) is 0 Å². The number of halogens is 1. The summed E-state index contributed by atoms with van der Waals surface area (Å²) in [5.74, 6) is 0.716. The molecule has 3 nitrogen and oxygen atoms in total. The fourth-order valence-electron chi connectivity index (χ4n) is 1.03. The molecule has 0 saturated heterocycles. The van der Waals surface area contributed by atoms with Gasteiger partial charge >= 0.3 is 0 Å². The lowest BCUT2D eigenvalue weighted by atomic mass is 10.2. The largest absolute Gasteiger partial charge is 0.368 e. The summed E-state index contributed by atoms with van der Waals surface area (Å²) in [6, 6.07) is 1.92. The van der Waals surface area contributed by atoms with Crippen LogP contribution in [0.4, 0.5) is 10.2 Å². The molecule has 0 spiro atoms. The highest BCUT2D eigenvalue weighted by atomic mass is 19.1. The molecule has 0 fully saturated rings. The summed E-state index contributed by atoms with van der Waals surface area (Å²) in [5, 5.41) is 11.0. The van der Waals surface area contributed by atoms with Crippen LogP contribution in [0.1, 0.15) is 24.6 Å². The number of nitrogens with one attached hydrogen (secondary N) is 1. The molecule has 0 aromatic carbocycles. The topological polar surface area (TPSA) is 37.8 Å².